The van der Waals surface area contributed by atoms with Gasteiger partial charge in [-0.15, -0.1) is 0 Å². The third kappa shape index (κ3) is 11.6. The molecule has 226 valence electrons. The summed E-state index contributed by atoms with van der Waals surface area (Å²) in [5.41, 5.74) is -0.835. The predicted molar refractivity (Wildman–Crippen MR) is 140 cm³/mol. The van der Waals surface area contributed by atoms with Crippen molar-refractivity contribution in [2.75, 3.05) is 20.4 Å². The number of alkyl halides is 4. The second kappa shape index (κ2) is 14.7. The highest BCUT2D eigenvalue weighted by molar-refractivity contribution is 5.90. The Balaban J connectivity index is 2.22. The number of benzene rings is 2. The van der Waals surface area contributed by atoms with Crippen molar-refractivity contribution in [1.82, 2.24) is 10.6 Å². The first kappa shape index (κ1) is 33.3. The van der Waals surface area contributed by atoms with Gasteiger partial charge in [-0.1, -0.05) is 24.3 Å². The molecule has 0 heterocycles. The second-order valence-electron chi connectivity index (χ2n) is 10.1. The number of methoxy groups -OCH3 is 1. The molecule has 2 rings (SSSR count). The Morgan fingerprint density at radius 1 is 0.878 bits per heavy atom. The van der Waals surface area contributed by atoms with E-state index in [1.54, 1.807) is 32.9 Å². The van der Waals surface area contributed by atoms with Crippen molar-refractivity contribution in [1.29, 1.82) is 0 Å². The average Bonchev–Trinajstić information content (AvgIpc) is 2.89. The smallest absolute Gasteiger partial charge is 0.416 e. The minimum atomic E-state index is -4.53. The molecule has 0 aliphatic heterocycles. The zero-order valence-corrected chi connectivity index (χ0v) is 23.1. The molecular formula is C28H34F4N2O7. The molecule has 2 aromatic carbocycles. The van der Waals surface area contributed by atoms with Gasteiger partial charge in [0.05, 0.1) is 12.7 Å². The molecule has 13 heteroatoms. The number of esters is 1. The van der Waals surface area contributed by atoms with Gasteiger partial charge in [-0.2, -0.15) is 13.2 Å². The number of alkyl carbamates (subject to hydrolysis) is 1. The van der Waals surface area contributed by atoms with Crippen LogP contribution in [0.5, 0.6) is 5.75 Å². The van der Waals surface area contributed by atoms with Crippen LogP contribution in [0, 0.1) is 0 Å². The van der Waals surface area contributed by atoms with E-state index in [2.05, 4.69) is 10.6 Å². The van der Waals surface area contributed by atoms with Crippen LogP contribution in [0.25, 0.3) is 0 Å². The number of halogens is 4. The Kier molecular flexibility index (Phi) is 11.9. The number of rotatable bonds is 12. The number of aliphatic hydroxyl groups is 1. The summed E-state index contributed by atoms with van der Waals surface area (Å²) < 4.78 is 66.5. The van der Waals surface area contributed by atoms with Crippen LogP contribution in [-0.4, -0.2) is 67.3 Å². The van der Waals surface area contributed by atoms with Crippen LogP contribution >= 0.6 is 0 Å². The molecule has 0 aliphatic rings. The number of nitrogens with one attached hydrogen (secondary N) is 2. The van der Waals surface area contributed by atoms with Crippen LogP contribution in [0.4, 0.5) is 22.4 Å². The molecule has 0 spiro atoms. The molecule has 0 aromatic heterocycles. The van der Waals surface area contributed by atoms with Crippen molar-refractivity contribution in [3.8, 4) is 5.75 Å². The van der Waals surface area contributed by atoms with Crippen molar-refractivity contribution in [3.63, 3.8) is 0 Å². The Morgan fingerprint density at radius 2 is 1.41 bits per heavy atom. The third-order valence-corrected chi connectivity index (χ3v) is 5.51. The Bertz CT molecular complexity index is 1150. The molecule has 0 saturated heterocycles. The highest BCUT2D eigenvalue weighted by Crippen LogP contribution is 2.29. The second-order valence-corrected chi connectivity index (χ2v) is 10.1. The van der Waals surface area contributed by atoms with E-state index >= 15 is 0 Å². The summed E-state index contributed by atoms with van der Waals surface area (Å²) in [6.07, 6.45) is -6.92. The van der Waals surface area contributed by atoms with E-state index in [-0.39, 0.29) is 19.4 Å². The monoisotopic (exact) mass is 586 g/mol. The van der Waals surface area contributed by atoms with Gasteiger partial charge in [-0.05, 0) is 56.2 Å². The molecular weight excluding hydrogens is 552 g/mol. The van der Waals surface area contributed by atoms with Crippen molar-refractivity contribution in [2.24, 2.45) is 0 Å². The highest BCUT2D eigenvalue weighted by atomic mass is 19.4. The van der Waals surface area contributed by atoms with Crippen molar-refractivity contribution in [2.45, 2.75) is 63.6 Å². The summed E-state index contributed by atoms with van der Waals surface area (Å²) in [5, 5.41) is 14.3. The van der Waals surface area contributed by atoms with Crippen LogP contribution in [0.2, 0.25) is 0 Å². The van der Waals surface area contributed by atoms with Crippen LogP contribution in [-0.2, 0) is 38.1 Å². The lowest BCUT2D eigenvalue weighted by Crippen LogP contribution is -2.53. The summed E-state index contributed by atoms with van der Waals surface area (Å²) >= 11 is 0. The molecule has 9 nitrogen and oxygen atoms in total. The molecule has 2 unspecified atom stereocenters. The molecule has 0 saturated carbocycles. The molecule has 0 bridgehead atoms. The topological polar surface area (TPSA) is 123 Å². The summed E-state index contributed by atoms with van der Waals surface area (Å²) in [4.78, 5) is 38.3. The lowest BCUT2D eigenvalue weighted by Gasteiger charge is -2.25. The maximum absolute atomic E-state index is 13.3. The quantitative estimate of drug-likeness (QED) is 0.256. The standard InChI is InChI=1S/C28H34F4N2O7/c1-27(2,3)41-26(38)34-22(13-18-7-11-21(12-8-18)40-16-20(35)15-29)24(36)33-23(25(37)39-4)14-17-5-9-19(10-6-17)28(30,31)32/h5-12,20,22-23,35H,13-16H2,1-4H3,(H,33,36)(H,34,38)/t20?,22-,23?/m0/s1. The minimum Gasteiger partial charge on any atom is -0.491 e. The van der Waals surface area contributed by atoms with Crippen molar-refractivity contribution in [3.05, 3.63) is 65.2 Å². The lowest BCUT2D eigenvalue weighted by molar-refractivity contribution is -0.145. The minimum absolute atomic E-state index is 0.0490. The average molecular weight is 587 g/mol. The Hall–Kier alpha value is -3.87. The van der Waals surface area contributed by atoms with E-state index in [1.807, 2.05) is 0 Å². The van der Waals surface area contributed by atoms with E-state index in [9.17, 15) is 37.1 Å². The number of hydrogen-bond acceptors (Lipinski definition) is 7. The summed E-state index contributed by atoms with van der Waals surface area (Å²) in [5.74, 6) is -1.28. The Morgan fingerprint density at radius 3 is 1.90 bits per heavy atom. The first-order valence-corrected chi connectivity index (χ1v) is 12.6. The third-order valence-electron chi connectivity index (χ3n) is 5.51. The summed E-state index contributed by atoms with van der Waals surface area (Å²) in [6.45, 7) is 3.69. The summed E-state index contributed by atoms with van der Waals surface area (Å²) in [6, 6.07) is 7.86. The zero-order valence-electron chi connectivity index (χ0n) is 23.1. The van der Waals surface area contributed by atoms with Gasteiger partial charge in [-0.3, -0.25) is 4.79 Å². The van der Waals surface area contributed by atoms with E-state index < -0.39 is 60.2 Å². The van der Waals surface area contributed by atoms with Crippen LogP contribution in [0.3, 0.4) is 0 Å². The number of hydrogen-bond donors (Lipinski definition) is 3. The fourth-order valence-corrected chi connectivity index (χ4v) is 3.53. The summed E-state index contributed by atoms with van der Waals surface area (Å²) in [7, 11) is 1.10. The predicted octanol–water partition coefficient (Wildman–Crippen LogP) is 3.75. The highest BCUT2D eigenvalue weighted by Gasteiger charge is 2.31. The van der Waals surface area contributed by atoms with E-state index in [4.69, 9.17) is 14.2 Å². The van der Waals surface area contributed by atoms with Gasteiger partial charge >= 0.3 is 18.2 Å². The fourth-order valence-electron chi connectivity index (χ4n) is 3.53. The van der Waals surface area contributed by atoms with Gasteiger partial charge in [0, 0.05) is 12.8 Å². The van der Waals surface area contributed by atoms with Crippen molar-refractivity contribution < 1.29 is 51.3 Å². The number of carbonyl (C=O) groups excluding carboxylic acids is 3. The first-order chi connectivity index (χ1) is 19.1. The SMILES string of the molecule is COC(=O)C(Cc1ccc(C(F)(F)F)cc1)NC(=O)[C@H](Cc1ccc(OCC(O)CF)cc1)NC(=O)OC(C)(C)C. The first-order valence-electron chi connectivity index (χ1n) is 12.6. The Labute approximate surface area is 235 Å². The van der Waals surface area contributed by atoms with E-state index in [0.29, 0.717) is 16.9 Å². The molecule has 3 atom stereocenters. The molecule has 41 heavy (non-hydrogen) atoms. The number of aliphatic hydroxyl groups excluding tert-OH is 1. The molecule has 0 radical (unpaired) electrons. The number of ether oxygens (including phenoxy) is 3. The van der Waals surface area contributed by atoms with Gasteiger partial charge in [0.15, 0.2) is 0 Å². The van der Waals surface area contributed by atoms with Gasteiger partial charge in [-0.25, -0.2) is 14.0 Å². The maximum atomic E-state index is 13.3. The van der Waals surface area contributed by atoms with Gasteiger partial charge in [0.1, 0.15) is 42.8 Å². The van der Waals surface area contributed by atoms with E-state index in [0.717, 1.165) is 19.2 Å². The van der Waals surface area contributed by atoms with Crippen LogP contribution in [0.15, 0.2) is 48.5 Å². The largest absolute Gasteiger partial charge is 0.491 e. The van der Waals surface area contributed by atoms with Gasteiger partial charge in [0.2, 0.25) is 5.91 Å². The van der Waals surface area contributed by atoms with Crippen LogP contribution < -0.4 is 15.4 Å². The molecule has 0 fully saturated rings. The molecule has 0 aliphatic carbocycles. The normalized spacial score (nSPS) is 13.9. The maximum Gasteiger partial charge on any atom is 0.416 e. The van der Waals surface area contributed by atoms with Crippen LogP contribution in [0.1, 0.15) is 37.5 Å². The zero-order chi connectivity index (χ0) is 30.8. The van der Waals surface area contributed by atoms with E-state index in [1.165, 1.54) is 24.3 Å². The molecule has 3 N–H and O–H groups in total. The fraction of sp³-hybridized carbons (Fsp3) is 0.464. The van der Waals surface area contributed by atoms with Gasteiger partial charge < -0.3 is 30.0 Å². The van der Waals surface area contributed by atoms with Gasteiger partial charge in [0.25, 0.3) is 0 Å². The number of carbonyl (C=O) groups is 3. The number of amides is 2. The molecule has 2 amide bonds. The lowest BCUT2D eigenvalue weighted by atomic mass is 10.0. The van der Waals surface area contributed by atoms with Crippen molar-refractivity contribution >= 4 is 18.0 Å². The molecule has 2 aromatic rings.